The SMILES string of the molecule is CCS(=O)(=O)c1cccc(C(=O)N(CCCN(C)C)c2nc3ccccc3s2)c1.Cl. The molecule has 9 heteroatoms. The van der Waals surface area contributed by atoms with Crippen molar-refractivity contribution in [3.63, 3.8) is 0 Å². The Hall–Kier alpha value is -2.00. The molecule has 0 N–H and O–H groups in total. The number of hydrogen-bond donors (Lipinski definition) is 0. The Labute approximate surface area is 187 Å². The van der Waals surface area contributed by atoms with Crippen molar-refractivity contribution in [2.24, 2.45) is 0 Å². The Kier molecular flexibility index (Phi) is 8.37. The largest absolute Gasteiger partial charge is 0.309 e. The van der Waals surface area contributed by atoms with Gasteiger partial charge in [-0.1, -0.05) is 36.5 Å². The number of carbonyl (C=O) groups is 1. The first-order valence-corrected chi connectivity index (χ1v) is 11.9. The summed E-state index contributed by atoms with van der Waals surface area (Å²) in [6.07, 6.45) is 0.779. The number of benzene rings is 2. The lowest BCUT2D eigenvalue weighted by Gasteiger charge is -2.21. The number of amides is 1. The van der Waals surface area contributed by atoms with Crippen molar-refractivity contribution in [2.45, 2.75) is 18.2 Å². The van der Waals surface area contributed by atoms with E-state index < -0.39 is 9.84 Å². The Balaban J connectivity index is 0.00000320. The molecule has 162 valence electrons. The van der Waals surface area contributed by atoms with E-state index in [9.17, 15) is 13.2 Å². The molecule has 3 aromatic rings. The summed E-state index contributed by atoms with van der Waals surface area (Å²) in [5.41, 5.74) is 1.20. The Morgan fingerprint density at radius 1 is 1.07 bits per heavy atom. The molecule has 1 heterocycles. The third-order valence-corrected chi connectivity index (χ3v) is 7.36. The zero-order valence-electron chi connectivity index (χ0n) is 17.2. The number of carbonyl (C=O) groups excluding carboxylic acids is 1. The fourth-order valence-corrected chi connectivity index (χ4v) is 4.87. The molecule has 1 aromatic heterocycles. The highest BCUT2D eigenvalue weighted by Crippen LogP contribution is 2.30. The van der Waals surface area contributed by atoms with Crippen LogP contribution in [0.3, 0.4) is 0 Å². The highest BCUT2D eigenvalue weighted by molar-refractivity contribution is 7.91. The third kappa shape index (κ3) is 5.57. The number of aromatic nitrogens is 1. The van der Waals surface area contributed by atoms with Crippen LogP contribution in [-0.2, 0) is 9.84 Å². The molecule has 0 fully saturated rings. The summed E-state index contributed by atoms with van der Waals surface area (Å²) in [5.74, 6) is -0.245. The fourth-order valence-electron chi connectivity index (χ4n) is 2.95. The lowest BCUT2D eigenvalue weighted by atomic mass is 10.2. The molecule has 0 bridgehead atoms. The van der Waals surface area contributed by atoms with Gasteiger partial charge in [0.15, 0.2) is 15.0 Å². The minimum absolute atomic E-state index is 0. The summed E-state index contributed by atoms with van der Waals surface area (Å²) in [6.45, 7) is 2.93. The summed E-state index contributed by atoms with van der Waals surface area (Å²) in [4.78, 5) is 21.9. The molecule has 0 aliphatic rings. The molecule has 6 nitrogen and oxygen atoms in total. The van der Waals surface area contributed by atoms with Gasteiger partial charge in [-0.15, -0.1) is 12.4 Å². The predicted octanol–water partition coefficient (Wildman–Crippen LogP) is 4.11. The van der Waals surface area contributed by atoms with E-state index in [1.807, 2.05) is 38.4 Å². The second kappa shape index (κ2) is 10.3. The van der Waals surface area contributed by atoms with Gasteiger partial charge in [0, 0.05) is 12.1 Å². The lowest BCUT2D eigenvalue weighted by Crippen LogP contribution is -2.33. The maximum atomic E-state index is 13.3. The van der Waals surface area contributed by atoms with Crippen molar-refractivity contribution in [3.8, 4) is 0 Å². The van der Waals surface area contributed by atoms with Gasteiger partial charge >= 0.3 is 0 Å². The Morgan fingerprint density at radius 2 is 1.80 bits per heavy atom. The zero-order valence-corrected chi connectivity index (χ0v) is 19.7. The van der Waals surface area contributed by atoms with Gasteiger partial charge in [0.1, 0.15) is 0 Å². The van der Waals surface area contributed by atoms with Crippen molar-refractivity contribution in [1.29, 1.82) is 0 Å². The summed E-state index contributed by atoms with van der Waals surface area (Å²) >= 11 is 1.46. The van der Waals surface area contributed by atoms with Gasteiger partial charge in [-0.05, 0) is 57.4 Å². The van der Waals surface area contributed by atoms with Crippen LogP contribution < -0.4 is 4.90 Å². The minimum atomic E-state index is -3.38. The number of halogens is 1. The fraction of sp³-hybridized carbons (Fsp3) is 0.333. The maximum Gasteiger partial charge on any atom is 0.260 e. The van der Waals surface area contributed by atoms with Crippen molar-refractivity contribution in [1.82, 2.24) is 9.88 Å². The van der Waals surface area contributed by atoms with Gasteiger partial charge in [0.25, 0.3) is 5.91 Å². The van der Waals surface area contributed by atoms with E-state index in [-0.39, 0.29) is 29.0 Å². The second-order valence-corrected chi connectivity index (χ2v) is 10.3. The summed E-state index contributed by atoms with van der Waals surface area (Å²) in [6, 6.07) is 14.0. The van der Waals surface area contributed by atoms with E-state index in [1.54, 1.807) is 24.0 Å². The highest BCUT2D eigenvalue weighted by Gasteiger charge is 2.23. The molecular weight excluding hydrogens is 442 g/mol. The molecule has 0 radical (unpaired) electrons. The van der Waals surface area contributed by atoms with Crippen LogP contribution in [0, 0.1) is 0 Å². The number of anilines is 1. The van der Waals surface area contributed by atoms with Gasteiger partial charge in [-0.2, -0.15) is 0 Å². The third-order valence-electron chi connectivity index (χ3n) is 4.57. The van der Waals surface area contributed by atoms with Crippen LogP contribution in [0.25, 0.3) is 10.2 Å². The van der Waals surface area contributed by atoms with Crippen LogP contribution in [0.15, 0.2) is 53.4 Å². The molecule has 1 amide bonds. The van der Waals surface area contributed by atoms with Crippen LogP contribution in [0.5, 0.6) is 0 Å². The number of thiazole rings is 1. The van der Waals surface area contributed by atoms with Crippen LogP contribution in [0.1, 0.15) is 23.7 Å². The minimum Gasteiger partial charge on any atom is -0.309 e. The average molecular weight is 468 g/mol. The van der Waals surface area contributed by atoms with Crippen LogP contribution in [-0.4, -0.2) is 57.1 Å². The first-order valence-electron chi connectivity index (χ1n) is 9.47. The summed E-state index contributed by atoms with van der Waals surface area (Å²) < 4.78 is 25.5. The average Bonchev–Trinajstić information content (AvgIpc) is 3.14. The molecule has 3 rings (SSSR count). The van der Waals surface area contributed by atoms with Crippen molar-refractivity contribution < 1.29 is 13.2 Å². The molecule has 2 aromatic carbocycles. The van der Waals surface area contributed by atoms with E-state index in [1.165, 1.54) is 23.5 Å². The van der Waals surface area contributed by atoms with E-state index in [0.717, 1.165) is 23.2 Å². The smallest absolute Gasteiger partial charge is 0.260 e. The maximum absolute atomic E-state index is 13.3. The molecule has 0 aliphatic carbocycles. The number of sulfone groups is 1. The van der Waals surface area contributed by atoms with Crippen molar-refractivity contribution in [3.05, 3.63) is 54.1 Å². The predicted molar refractivity (Wildman–Crippen MR) is 126 cm³/mol. The van der Waals surface area contributed by atoms with Gasteiger partial charge in [0.2, 0.25) is 0 Å². The van der Waals surface area contributed by atoms with Crippen LogP contribution in [0.4, 0.5) is 5.13 Å². The van der Waals surface area contributed by atoms with E-state index in [2.05, 4.69) is 9.88 Å². The number of para-hydroxylation sites is 1. The van der Waals surface area contributed by atoms with Gasteiger partial charge < -0.3 is 4.90 Å². The zero-order chi connectivity index (χ0) is 21.0. The van der Waals surface area contributed by atoms with Crippen molar-refractivity contribution in [2.75, 3.05) is 37.8 Å². The van der Waals surface area contributed by atoms with Gasteiger partial charge in [0.05, 0.1) is 20.9 Å². The first-order chi connectivity index (χ1) is 13.8. The molecule has 30 heavy (non-hydrogen) atoms. The molecule has 0 saturated heterocycles. The number of nitrogens with zero attached hydrogens (tertiary/aromatic N) is 3. The molecule has 0 aliphatic heterocycles. The van der Waals surface area contributed by atoms with Gasteiger partial charge in [-0.3, -0.25) is 9.69 Å². The summed E-state index contributed by atoms with van der Waals surface area (Å²) in [7, 11) is 0.594. The summed E-state index contributed by atoms with van der Waals surface area (Å²) in [5, 5.41) is 0.624. The monoisotopic (exact) mass is 467 g/mol. The van der Waals surface area contributed by atoms with E-state index in [0.29, 0.717) is 17.2 Å². The molecule has 0 unspecified atom stereocenters. The number of fused-ring (bicyclic) bond motifs is 1. The molecule has 0 atom stereocenters. The molecule has 0 spiro atoms. The quantitative estimate of drug-likeness (QED) is 0.498. The van der Waals surface area contributed by atoms with Gasteiger partial charge in [-0.25, -0.2) is 13.4 Å². The molecule has 0 saturated carbocycles. The molecular formula is C21H26ClN3O3S2. The highest BCUT2D eigenvalue weighted by atomic mass is 35.5. The second-order valence-electron chi connectivity index (χ2n) is 7.01. The van der Waals surface area contributed by atoms with Crippen LogP contribution >= 0.6 is 23.7 Å². The number of hydrogen-bond acceptors (Lipinski definition) is 6. The topological polar surface area (TPSA) is 70.6 Å². The van der Waals surface area contributed by atoms with E-state index in [4.69, 9.17) is 0 Å². The standard InChI is InChI=1S/C21H25N3O3S2.ClH/c1-4-29(26,27)17-10-7-9-16(15-17)20(25)24(14-8-13-23(2)3)21-22-18-11-5-6-12-19(18)28-21;/h5-7,9-12,15H,4,8,13-14H2,1-3H3;1H. The Morgan fingerprint density at radius 3 is 2.47 bits per heavy atom. The normalized spacial score (nSPS) is 11.5. The number of rotatable bonds is 8. The lowest BCUT2D eigenvalue weighted by molar-refractivity contribution is 0.0986. The van der Waals surface area contributed by atoms with E-state index >= 15 is 0 Å². The first kappa shape index (κ1) is 24.3. The Bertz CT molecular complexity index is 1080. The van der Waals surface area contributed by atoms with Crippen molar-refractivity contribution >= 4 is 54.8 Å². The van der Waals surface area contributed by atoms with Crippen LogP contribution in [0.2, 0.25) is 0 Å².